The minimum absolute atomic E-state index is 0.110. The maximum atomic E-state index is 13.0. The summed E-state index contributed by atoms with van der Waals surface area (Å²) in [5, 5.41) is 0. The summed E-state index contributed by atoms with van der Waals surface area (Å²) in [7, 11) is 0. The van der Waals surface area contributed by atoms with Gasteiger partial charge < -0.3 is 4.74 Å². The molecule has 1 aliphatic rings. The van der Waals surface area contributed by atoms with Crippen molar-refractivity contribution in [1.82, 2.24) is 0 Å². The first-order chi connectivity index (χ1) is 6.12. The summed E-state index contributed by atoms with van der Waals surface area (Å²) < 4.78 is 18.1. The predicted molar refractivity (Wildman–Crippen MR) is 49.3 cm³/mol. The third kappa shape index (κ3) is 1.35. The van der Waals surface area contributed by atoms with Gasteiger partial charge in [0.25, 0.3) is 0 Å². The van der Waals surface area contributed by atoms with Crippen LogP contribution in [0.15, 0.2) is 18.2 Å². The first-order valence-electron chi connectivity index (χ1n) is 4.46. The molecule has 0 amide bonds. The van der Waals surface area contributed by atoms with E-state index >= 15 is 0 Å². The fourth-order valence-electron chi connectivity index (χ4n) is 1.60. The Kier molecular flexibility index (Phi) is 1.88. The van der Waals surface area contributed by atoms with Gasteiger partial charge in [-0.2, -0.15) is 0 Å². The summed E-state index contributed by atoms with van der Waals surface area (Å²) in [4.78, 5) is 0. The molecule has 1 aliphatic heterocycles. The Labute approximate surface area is 77.5 Å². The first kappa shape index (κ1) is 8.70. The van der Waals surface area contributed by atoms with Gasteiger partial charge in [0.2, 0.25) is 0 Å². The molecule has 2 rings (SSSR count). The fraction of sp³-hybridized carbons (Fsp3) is 0.455. The van der Waals surface area contributed by atoms with Gasteiger partial charge in [-0.1, -0.05) is 19.1 Å². The number of hydrogen-bond acceptors (Lipinski definition) is 1. The topological polar surface area (TPSA) is 9.23 Å². The number of ether oxygens (including phenoxy) is 1. The molecule has 0 aromatic heterocycles. The van der Waals surface area contributed by atoms with Crippen LogP contribution in [0.3, 0.4) is 0 Å². The van der Waals surface area contributed by atoms with Gasteiger partial charge in [0.15, 0.2) is 0 Å². The summed E-state index contributed by atoms with van der Waals surface area (Å²) in [5.41, 5.74) is 2.00. The molecule has 2 heteroatoms. The zero-order chi connectivity index (χ0) is 9.47. The molecule has 1 aromatic rings. The maximum absolute atomic E-state index is 13.0. The Hall–Kier alpha value is -0.890. The SMILES string of the molecule is Cc1cc(C2(C)COC2)ccc1F. The Morgan fingerprint density at radius 1 is 1.38 bits per heavy atom. The van der Waals surface area contributed by atoms with Crippen LogP contribution in [0.1, 0.15) is 18.1 Å². The van der Waals surface area contributed by atoms with Crippen molar-refractivity contribution >= 4 is 0 Å². The van der Waals surface area contributed by atoms with Crippen LogP contribution in [0.2, 0.25) is 0 Å². The number of benzene rings is 1. The van der Waals surface area contributed by atoms with Crippen LogP contribution in [-0.4, -0.2) is 13.2 Å². The summed E-state index contributed by atoms with van der Waals surface area (Å²) in [6, 6.07) is 5.30. The van der Waals surface area contributed by atoms with Crippen LogP contribution in [-0.2, 0) is 10.2 Å². The molecule has 0 atom stereocenters. The van der Waals surface area contributed by atoms with Gasteiger partial charge >= 0.3 is 0 Å². The molecule has 0 unspecified atom stereocenters. The van der Waals surface area contributed by atoms with Gasteiger partial charge in [-0.3, -0.25) is 0 Å². The zero-order valence-corrected chi connectivity index (χ0v) is 7.93. The number of hydrogen-bond donors (Lipinski definition) is 0. The highest BCUT2D eigenvalue weighted by atomic mass is 19.1. The molecule has 0 radical (unpaired) electrons. The van der Waals surface area contributed by atoms with E-state index in [1.54, 1.807) is 6.92 Å². The van der Waals surface area contributed by atoms with Gasteiger partial charge in [-0.05, 0) is 24.1 Å². The molecular formula is C11H13FO. The van der Waals surface area contributed by atoms with Gasteiger partial charge in [0, 0.05) is 5.41 Å². The quantitative estimate of drug-likeness (QED) is 0.645. The average Bonchev–Trinajstić information content (AvgIpc) is 2.06. The minimum Gasteiger partial charge on any atom is -0.379 e. The van der Waals surface area contributed by atoms with Crippen molar-refractivity contribution in [3.05, 3.63) is 35.1 Å². The monoisotopic (exact) mass is 180 g/mol. The van der Waals surface area contributed by atoms with Crippen molar-refractivity contribution in [2.45, 2.75) is 19.3 Å². The van der Waals surface area contributed by atoms with Gasteiger partial charge in [0.1, 0.15) is 5.82 Å². The van der Waals surface area contributed by atoms with Crippen molar-refractivity contribution in [2.24, 2.45) is 0 Å². The molecule has 0 spiro atoms. The second-order valence-electron chi connectivity index (χ2n) is 4.02. The molecule has 70 valence electrons. The van der Waals surface area contributed by atoms with Gasteiger partial charge in [-0.15, -0.1) is 0 Å². The molecule has 1 nitrogen and oxygen atoms in total. The molecule has 0 saturated carbocycles. The standard InChI is InChI=1S/C11H13FO/c1-8-5-9(3-4-10(8)12)11(2)6-13-7-11/h3-5H,6-7H2,1-2H3. The first-order valence-corrected chi connectivity index (χ1v) is 4.46. The van der Waals surface area contributed by atoms with E-state index < -0.39 is 0 Å². The van der Waals surface area contributed by atoms with Crippen LogP contribution in [0, 0.1) is 12.7 Å². The highest BCUT2D eigenvalue weighted by molar-refractivity contribution is 5.31. The lowest BCUT2D eigenvalue weighted by molar-refractivity contribution is -0.0500. The third-order valence-corrected chi connectivity index (χ3v) is 2.70. The molecule has 0 N–H and O–H groups in total. The lowest BCUT2D eigenvalue weighted by atomic mass is 9.80. The molecular weight excluding hydrogens is 167 g/mol. The van der Waals surface area contributed by atoms with Crippen LogP contribution in [0.25, 0.3) is 0 Å². The van der Waals surface area contributed by atoms with E-state index in [0.29, 0.717) is 5.56 Å². The van der Waals surface area contributed by atoms with Crippen molar-refractivity contribution < 1.29 is 9.13 Å². The predicted octanol–water partition coefficient (Wildman–Crippen LogP) is 2.42. The lowest BCUT2D eigenvalue weighted by Crippen LogP contribution is -2.43. The Morgan fingerprint density at radius 2 is 2.08 bits per heavy atom. The number of aryl methyl sites for hydroxylation is 1. The summed E-state index contributed by atoms with van der Waals surface area (Å²) in [6.07, 6.45) is 0. The Morgan fingerprint density at radius 3 is 2.54 bits per heavy atom. The second kappa shape index (κ2) is 2.81. The van der Waals surface area contributed by atoms with Crippen molar-refractivity contribution in [3.8, 4) is 0 Å². The third-order valence-electron chi connectivity index (χ3n) is 2.70. The normalized spacial score (nSPS) is 19.6. The highest BCUT2D eigenvalue weighted by Gasteiger charge is 2.35. The van der Waals surface area contributed by atoms with E-state index in [9.17, 15) is 4.39 Å². The van der Waals surface area contributed by atoms with Crippen LogP contribution >= 0.6 is 0 Å². The number of halogens is 1. The summed E-state index contributed by atoms with van der Waals surface area (Å²) >= 11 is 0. The van der Waals surface area contributed by atoms with E-state index in [1.807, 2.05) is 12.1 Å². The van der Waals surface area contributed by atoms with Crippen molar-refractivity contribution in [1.29, 1.82) is 0 Å². The van der Waals surface area contributed by atoms with Crippen LogP contribution in [0.4, 0.5) is 4.39 Å². The van der Waals surface area contributed by atoms with E-state index in [0.717, 1.165) is 13.2 Å². The fourth-order valence-corrected chi connectivity index (χ4v) is 1.60. The van der Waals surface area contributed by atoms with E-state index in [4.69, 9.17) is 4.74 Å². The molecule has 1 aromatic carbocycles. The molecule has 1 saturated heterocycles. The van der Waals surface area contributed by atoms with Crippen LogP contribution in [0.5, 0.6) is 0 Å². The smallest absolute Gasteiger partial charge is 0.126 e. The maximum Gasteiger partial charge on any atom is 0.126 e. The largest absolute Gasteiger partial charge is 0.379 e. The summed E-state index contributed by atoms with van der Waals surface area (Å²) in [5.74, 6) is -0.132. The van der Waals surface area contributed by atoms with Gasteiger partial charge in [-0.25, -0.2) is 4.39 Å². The minimum atomic E-state index is -0.132. The molecule has 0 aliphatic carbocycles. The van der Waals surface area contributed by atoms with E-state index in [1.165, 1.54) is 11.6 Å². The lowest BCUT2D eigenvalue weighted by Gasteiger charge is -2.38. The van der Waals surface area contributed by atoms with Gasteiger partial charge in [0.05, 0.1) is 13.2 Å². The average molecular weight is 180 g/mol. The van der Waals surface area contributed by atoms with E-state index in [-0.39, 0.29) is 11.2 Å². The molecule has 13 heavy (non-hydrogen) atoms. The summed E-state index contributed by atoms with van der Waals surface area (Å²) in [6.45, 7) is 5.43. The van der Waals surface area contributed by atoms with Crippen LogP contribution < -0.4 is 0 Å². The zero-order valence-electron chi connectivity index (χ0n) is 7.93. The highest BCUT2D eigenvalue weighted by Crippen LogP contribution is 2.32. The van der Waals surface area contributed by atoms with Crippen molar-refractivity contribution in [3.63, 3.8) is 0 Å². The second-order valence-corrected chi connectivity index (χ2v) is 4.02. The Balaban J connectivity index is 2.36. The Bertz CT molecular complexity index is 329. The molecule has 0 bridgehead atoms. The molecule has 1 heterocycles. The van der Waals surface area contributed by atoms with Crippen molar-refractivity contribution in [2.75, 3.05) is 13.2 Å². The number of rotatable bonds is 1. The molecule has 1 fully saturated rings. The van der Waals surface area contributed by atoms with E-state index in [2.05, 4.69) is 6.92 Å².